The fourth-order valence-electron chi connectivity index (χ4n) is 3.16. The predicted molar refractivity (Wildman–Crippen MR) is 117 cm³/mol. The molecule has 0 unspecified atom stereocenters. The summed E-state index contributed by atoms with van der Waals surface area (Å²) in [5.41, 5.74) is 5.53. The first-order valence-corrected chi connectivity index (χ1v) is 9.75. The van der Waals surface area contributed by atoms with E-state index in [0.29, 0.717) is 12.4 Å². The lowest BCUT2D eigenvalue weighted by Gasteiger charge is -2.19. The van der Waals surface area contributed by atoms with Crippen molar-refractivity contribution in [3.05, 3.63) is 90.5 Å². The molecule has 2 aromatic heterocycles. The van der Waals surface area contributed by atoms with Gasteiger partial charge < -0.3 is 5.32 Å². The monoisotopic (exact) mass is 383 g/mol. The second kappa shape index (κ2) is 7.87. The van der Waals surface area contributed by atoms with Gasteiger partial charge in [0.15, 0.2) is 5.82 Å². The highest BCUT2D eigenvalue weighted by Gasteiger charge is 2.15. The average molecular weight is 383 g/mol. The van der Waals surface area contributed by atoms with Crippen LogP contribution in [0.1, 0.15) is 31.9 Å². The third kappa shape index (κ3) is 4.35. The molecule has 5 heteroatoms. The van der Waals surface area contributed by atoms with Crippen molar-refractivity contribution in [2.24, 2.45) is 0 Å². The minimum absolute atomic E-state index is 0.0862. The first-order valence-electron chi connectivity index (χ1n) is 9.75. The van der Waals surface area contributed by atoms with Gasteiger partial charge in [-0.05, 0) is 52.9 Å². The van der Waals surface area contributed by atoms with E-state index in [0.717, 1.165) is 16.9 Å². The summed E-state index contributed by atoms with van der Waals surface area (Å²) >= 11 is 0. The predicted octanol–water partition coefficient (Wildman–Crippen LogP) is 5.24. The van der Waals surface area contributed by atoms with Crippen LogP contribution in [0.5, 0.6) is 0 Å². The first kappa shape index (κ1) is 18.9. The van der Waals surface area contributed by atoms with Gasteiger partial charge in [-0.3, -0.25) is 4.98 Å². The van der Waals surface area contributed by atoms with Crippen molar-refractivity contribution in [2.45, 2.75) is 32.7 Å². The summed E-state index contributed by atoms with van der Waals surface area (Å²) in [4.78, 5) is 8.64. The molecule has 0 aliphatic rings. The van der Waals surface area contributed by atoms with E-state index in [1.165, 1.54) is 11.1 Å². The highest BCUT2D eigenvalue weighted by atomic mass is 15.3. The van der Waals surface area contributed by atoms with E-state index in [-0.39, 0.29) is 5.41 Å². The number of nitrogens with zero attached hydrogens (tertiary/aromatic N) is 4. The van der Waals surface area contributed by atoms with E-state index >= 15 is 0 Å². The van der Waals surface area contributed by atoms with Crippen LogP contribution in [-0.4, -0.2) is 19.7 Å². The van der Waals surface area contributed by atoms with E-state index in [1.807, 2.05) is 35.0 Å². The quantitative estimate of drug-likeness (QED) is 0.512. The topological polar surface area (TPSA) is 55.6 Å². The largest absolute Gasteiger partial charge is 0.380 e. The third-order valence-electron chi connectivity index (χ3n) is 4.87. The summed E-state index contributed by atoms with van der Waals surface area (Å²) in [6.45, 7) is 7.35. The fraction of sp³-hybridized carbons (Fsp3) is 0.208. The lowest BCUT2D eigenvalue weighted by Crippen LogP contribution is -2.11. The molecule has 5 nitrogen and oxygen atoms in total. The molecule has 0 amide bonds. The average Bonchev–Trinajstić information content (AvgIpc) is 3.23. The normalized spacial score (nSPS) is 11.4. The molecule has 4 aromatic rings. The van der Waals surface area contributed by atoms with Crippen molar-refractivity contribution >= 4 is 5.69 Å². The molecule has 4 rings (SSSR count). The Labute approximate surface area is 171 Å². The summed E-state index contributed by atoms with van der Waals surface area (Å²) in [7, 11) is 0. The Morgan fingerprint density at radius 3 is 2.52 bits per heavy atom. The van der Waals surface area contributed by atoms with Crippen molar-refractivity contribution < 1.29 is 0 Å². The molecule has 0 aliphatic carbocycles. The summed E-state index contributed by atoms with van der Waals surface area (Å²) < 4.78 is 1.84. The molecular formula is C24H25N5. The number of hydrogen-bond donors (Lipinski definition) is 1. The maximum absolute atomic E-state index is 4.75. The van der Waals surface area contributed by atoms with Crippen LogP contribution < -0.4 is 5.32 Å². The molecule has 1 N–H and O–H groups in total. The van der Waals surface area contributed by atoms with Crippen molar-refractivity contribution in [2.75, 3.05) is 5.32 Å². The molecule has 0 fully saturated rings. The maximum Gasteiger partial charge on any atom is 0.183 e. The van der Waals surface area contributed by atoms with Crippen molar-refractivity contribution in [3.8, 4) is 17.1 Å². The second-order valence-corrected chi connectivity index (χ2v) is 8.07. The Bertz CT molecular complexity index is 1090. The molecular weight excluding hydrogens is 358 g/mol. The zero-order valence-electron chi connectivity index (χ0n) is 17.0. The number of rotatable bonds is 5. The van der Waals surface area contributed by atoms with Gasteiger partial charge in [-0.25, -0.2) is 9.67 Å². The third-order valence-corrected chi connectivity index (χ3v) is 4.87. The first-order chi connectivity index (χ1) is 14.0. The Hall–Kier alpha value is -3.47. The Morgan fingerprint density at radius 1 is 0.931 bits per heavy atom. The van der Waals surface area contributed by atoms with Crippen LogP contribution in [0.25, 0.3) is 17.1 Å². The van der Waals surface area contributed by atoms with Gasteiger partial charge in [0, 0.05) is 30.2 Å². The fourth-order valence-corrected chi connectivity index (χ4v) is 3.16. The summed E-state index contributed by atoms with van der Waals surface area (Å²) in [6.07, 6.45) is 5.38. The summed E-state index contributed by atoms with van der Waals surface area (Å²) in [5.74, 6) is 0.698. The number of para-hydroxylation sites is 1. The van der Waals surface area contributed by atoms with Gasteiger partial charge in [0.2, 0.25) is 0 Å². The number of pyridine rings is 1. The lowest BCUT2D eigenvalue weighted by atomic mass is 9.87. The molecule has 0 radical (unpaired) electrons. The molecule has 0 saturated carbocycles. The zero-order chi connectivity index (χ0) is 20.3. The molecule has 29 heavy (non-hydrogen) atoms. The van der Waals surface area contributed by atoms with Crippen molar-refractivity contribution in [3.63, 3.8) is 0 Å². The molecule has 2 heterocycles. The van der Waals surface area contributed by atoms with Crippen molar-refractivity contribution in [1.29, 1.82) is 0 Å². The van der Waals surface area contributed by atoms with Crippen LogP contribution >= 0.6 is 0 Å². The van der Waals surface area contributed by atoms with E-state index in [1.54, 1.807) is 18.7 Å². The zero-order valence-corrected chi connectivity index (χ0v) is 17.0. The van der Waals surface area contributed by atoms with Gasteiger partial charge in [-0.1, -0.05) is 45.0 Å². The van der Waals surface area contributed by atoms with E-state index in [2.05, 4.69) is 66.4 Å². The van der Waals surface area contributed by atoms with Gasteiger partial charge in [-0.2, -0.15) is 0 Å². The summed E-state index contributed by atoms with van der Waals surface area (Å²) in [6, 6.07) is 20.6. The van der Waals surface area contributed by atoms with Crippen LogP contribution in [0.4, 0.5) is 5.69 Å². The smallest absolute Gasteiger partial charge is 0.183 e. The highest BCUT2D eigenvalue weighted by molar-refractivity contribution is 5.73. The Balaban J connectivity index is 1.60. The van der Waals surface area contributed by atoms with Gasteiger partial charge in [0.05, 0.1) is 5.69 Å². The number of nitrogens with one attached hydrogen (secondary N) is 1. The molecule has 0 atom stereocenters. The number of hydrogen-bond acceptors (Lipinski definition) is 4. The van der Waals surface area contributed by atoms with E-state index in [4.69, 9.17) is 5.10 Å². The molecule has 2 aromatic carbocycles. The van der Waals surface area contributed by atoms with E-state index in [9.17, 15) is 0 Å². The number of benzene rings is 2. The van der Waals surface area contributed by atoms with Gasteiger partial charge in [-0.15, -0.1) is 5.10 Å². The Morgan fingerprint density at radius 2 is 1.72 bits per heavy atom. The van der Waals surface area contributed by atoms with Crippen molar-refractivity contribution in [1.82, 2.24) is 19.7 Å². The lowest BCUT2D eigenvalue weighted by molar-refractivity contribution is 0.589. The highest BCUT2D eigenvalue weighted by Crippen LogP contribution is 2.27. The minimum atomic E-state index is 0.0862. The van der Waals surface area contributed by atoms with Crippen LogP contribution in [-0.2, 0) is 12.0 Å². The standard InChI is InChI=1S/C24H25N5/c1-24(2,3)19-7-6-8-20(15-19)29-17-27-23(28-29)21-9-4-5-10-22(21)26-16-18-11-13-25-14-12-18/h4-15,17,26H,16H2,1-3H3. The summed E-state index contributed by atoms with van der Waals surface area (Å²) in [5, 5.41) is 8.23. The molecule has 0 saturated heterocycles. The maximum atomic E-state index is 4.75. The van der Waals surface area contributed by atoms with Gasteiger partial charge in [0.1, 0.15) is 6.33 Å². The van der Waals surface area contributed by atoms with Crippen LogP contribution in [0.15, 0.2) is 79.4 Å². The van der Waals surface area contributed by atoms with Gasteiger partial charge in [0.25, 0.3) is 0 Å². The molecule has 0 aliphatic heterocycles. The van der Waals surface area contributed by atoms with Crippen LogP contribution in [0.2, 0.25) is 0 Å². The molecule has 0 spiro atoms. The second-order valence-electron chi connectivity index (χ2n) is 8.07. The van der Waals surface area contributed by atoms with Gasteiger partial charge >= 0.3 is 0 Å². The SMILES string of the molecule is CC(C)(C)c1cccc(-n2cnc(-c3ccccc3NCc3ccncc3)n2)c1. The minimum Gasteiger partial charge on any atom is -0.380 e. The van der Waals surface area contributed by atoms with Crippen LogP contribution in [0.3, 0.4) is 0 Å². The number of anilines is 1. The molecule has 0 bridgehead atoms. The van der Waals surface area contributed by atoms with Crippen LogP contribution in [0, 0.1) is 0 Å². The Kier molecular flexibility index (Phi) is 5.12. The molecule has 146 valence electrons. The number of aromatic nitrogens is 4. The van der Waals surface area contributed by atoms with E-state index < -0.39 is 0 Å².